The van der Waals surface area contributed by atoms with Crippen LogP contribution in [0, 0.1) is 5.92 Å². The van der Waals surface area contributed by atoms with Crippen LogP contribution in [0.3, 0.4) is 0 Å². The molecule has 0 aliphatic carbocycles. The van der Waals surface area contributed by atoms with Crippen molar-refractivity contribution in [2.24, 2.45) is 11.7 Å². The van der Waals surface area contributed by atoms with Crippen LogP contribution < -0.4 is 5.73 Å². The van der Waals surface area contributed by atoms with Gasteiger partial charge in [-0.2, -0.15) is 0 Å². The number of nitrogens with zero attached hydrogens (tertiary/aromatic N) is 2. The second-order valence-corrected chi connectivity index (χ2v) is 5.92. The Morgan fingerprint density at radius 2 is 2.44 bits per heavy atom. The molecular weight excluding hydrogens is 265 g/mol. The maximum Gasteiger partial charge on any atom is 0.113 e. The molecule has 2 N–H and O–H groups in total. The summed E-state index contributed by atoms with van der Waals surface area (Å²) >= 11 is 7.42. The Morgan fingerprint density at radius 3 is 2.94 bits per heavy atom. The van der Waals surface area contributed by atoms with Crippen LogP contribution in [0.15, 0.2) is 6.20 Å². The van der Waals surface area contributed by atoms with Gasteiger partial charge in [0, 0.05) is 12.6 Å². The topological polar surface area (TPSA) is 42.1 Å². The van der Waals surface area contributed by atoms with E-state index in [1.165, 1.54) is 6.42 Å². The van der Waals surface area contributed by atoms with E-state index in [9.17, 15) is 0 Å². The fourth-order valence-corrected chi connectivity index (χ4v) is 3.13. The summed E-state index contributed by atoms with van der Waals surface area (Å²) in [6.07, 6.45) is 2.93. The van der Waals surface area contributed by atoms with Crippen molar-refractivity contribution in [2.75, 3.05) is 13.1 Å². The maximum absolute atomic E-state index is 5.86. The molecule has 2 unspecified atom stereocenters. The van der Waals surface area contributed by atoms with Gasteiger partial charge in [-0.25, -0.2) is 4.98 Å². The number of nitrogens with two attached hydrogens (primary N) is 1. The average molecular weight is 282 g/mol. The molecule has 16 heavy (non-hydrogen) atoms. The highest BCUT2D eigenvalue weighted by Gasteiger charge is 2.28. The van der Waals surface area contributed by atoms with Crippen molar-refractivity contribution in [3.8, 4) is 0 Å². The Labute approximate surface area is 111 Å². The summed E-state index contributed by atoms with van der Waals surface area (Å²) in [5, 5.41) is 1.10. The first kappa shape index (κ1) is 14.2. The second kappa shape index (κ2) is 6.17. The molecule has 0 aromatic carbocycles. The molecule has 1 aliphatic rings. The molecule has 1 saturated heterocycles. The van der Waals surface area contributed by atoms with Gasteiger partial charge in [-0.05, 0) is 25.8 Å². The zero-order valence-corrected chi connectivity index (χ0v) is 11.6. The number of halogens is 2. The van der Waals surface area contributed by atoms with Gasteiger partial charge in [0.1, 0.15) is 9.34 Å². The van der Waals surface area contributed by atoms with Gasteiger partial charge in [-0.1, -0.05) is 11.6 Å². The van der Waals surface area contributed by atoms with E-state index in [-0.39, 0.29) is 12.4 Å². The lowest BCUT2D eigenvalue weighted by molar-refractivity contribution is 0.255. The first-order valence-corrected chi connectivity index (χ1v) is 6.42. The molecule has 0 spiro atoms. The summed E-state index contributed by atoms with van der Waals surface area (Å²) in [6.45, 7) is 5.05. The Bertz CT molecular complexity index is 332. The van der Waals surface area contributed by atoms with Crippen LogP contribution in [0.1, 0.15) is 18.4 Å². The minimum atomic E-state index is 0. The van der Waals surface area contributed by atoms with Crippen LogP contribution in [0.4, 0.5) is 0 Å². The third kappa shape index (κ3) is 3.31. The fraction of sp³-hybridized carbons (Fsp3) is 0.700. The third-order valence-corrected chi connectivity index (χ3v) is 4.09. The van der Waals surface area contributed by atoms with Gasteiger partial charge >= 0.3 is 0 Å². The van der Waals surface area contributed by atoms with Gasteiger partial charge in [0.15, 0.2) is 0 Å². The molecule has 92 valence electrons. The van der Waals surface area contributed by atoms with E-state index >= 15 is 0 Å². The minimum absolute atomic E-state index is 0. The van der Waals surface area contributed by atoms with Crippen molar-refractivity contribution in [1.82, 2.24) is 9.88 Å². The van der Waals surface area contributed by atoms with E-state index in [0.29, 0.717) is 12.0 Å². The smallest absolute Gasteiger partial charge is 0.113 e. The predicted octanol–water partition coefficient (Wildman–Crippen LogP) is 2.39. The molecule has 1 aromatic rings. The molecule has 0 amide bonds. The first-order chi connectivity index (χ1) is 7.19. The number of rotatable bonds is 3. The summed E-state index contributed by atoms with van der Waals surface area (Å²) in [6, 6.07) is 0.612. The lowest BCUT2D eigenvalue weighted by Crippen LogP contribution is -2.27. The van der Waals surface area contributed by atoms with E-state index < -0.39 is 0 Å². The van der Waals surface area contributed by atoms with Crippen LogP contribution >= 0.6 is 35.3 Å². The van der Waals surface area contributed by atoms with Crippen molar-refractivity contribution in [2.45, 2.75) is 25.9 Å². The maximum atomic E-state index is 5.86. The van der Waals surface area contributed by atoms with Crippen molar-refractivity contribution in [1.29, 1.82) is 0 Å². The molecule has 1 fully saturated rings. The molecule has 1 aromatic heterocycles. The number of likely N-dealkylation sites (tertiary alicyclic amines) is 1. The van der Waals surface area contributed by atoms with Gasteiger partial charge < -0.3 is 5.73 Å². The normalized spacial score (nSPS) is 25.7. The van der Waals surface area contributed by atoms with Crippen LogP contribution in [0.25, 0.3) is 0 Å². The van der Waals surface area contributed by atoms with Crippen LogP contribution in [-0.4, -0.2) is 29.0 Å². The monoisotopic (exact) mass is 281 g/mol. The van der Waals surface area contributed by atoms with Crippen LogP contribution in [0.5, 0.6) is 0 Å². The Hall–Kier alpha value is 0.130. The zero-order valence-electron chi connectivity index (χ0n) is 9.23. The number of aromatic nitrogens is 1. The van der Waals surface area contributed by atoms with Crippen molar-refractivity contribution < 1.29 is 0 Å². The Balaban J connectivity index is 0.00000128. The molecule has 1 aliphatic heterocycles. The van der Waals surface area contributed by atoms with E-state index in [4.69, 9.17) is 17.3 Å². The van der Waals surface area contributed by atoms with E-state index in [1.54, 1.807) is 17.5 Å². The van der Waals surface area contributed by atoms with E-state index in [1.807, 2.05) is 0 Å². The largest absolute Gasteiger partial charge is 0.330 e. The lowest BCUT2D eigenvalue weighted by atomic mass is 10.1. The molecule has 2 heterocycles. The highest BCUT2D eigenvalue weighted by atomic mass is 35.5. The fourth-order valence-electron chi connectivity index (χ4n) is 2.14. The van der Waals surface area contributed by atoms with E-state index in [2.05, 4.69) is 16.8 Å². The van der Waals surface area contributed by atoms with Gasteiger partial charge in [0.25, 0.3) is 0 Å². The third-order valence-electron chi connectivity index (χ3n) is 2.99. The van der Waals surface area contributed by atoms with Gasteiger partial charge in [-0.15, -0.1) is 23.7 Å². The summed E-state index contributed by atoms with van der Waals surface area (Å²) in [7, 11) is 0. The minimum Gasteiger partial charge on any atom is -0.330 e. The number of hydrogen-bond acceptors (Lipinski definition) is 4. The van der Waals surface area contributed by atoms with Crippen molar-refractivity contribution in [3.63, 3.8) is 0 Å². The summed E-state index contributed by atoms with van der Waals surface area (Å²) < 4.78 is 0.771. The SMILES string of the molecule is CC1CC(CN)CN1Cc1ncc(Cl)s1.Cl. The van der Waals surface area contributed by atoms with Gasteiger partial charge in [-0.3, -0.25) is 4.90 Å². The van der Waals surface area contributed by atoms with Gasteiger partial charge in [0.2, 0.25) is 0 Å². The molecule has 0 saturated carbocycles. The quantitative estimate of drug-likeness (QED) is 0.925. The zero-order chi connectivity index (χ0) is 10.8. The molecule has 2 rings (SSSR count). The average Bonchev–Trinajstić information content (AvgIpc) is 2.75. The summed E-state index contributed by atoms with van der Waals surface area (Å²) in [5.74, 6) is 0.649. The number of thiazole rings is 1. The standard InChI is InChI=1S/C10H16ClN3S.ClH/c1-7-2-8(3-12)5-14(7)6-10-13-4-9(11)15-10;/h4,7-8H,2-3,5-6,12H2,1H3;1H. The molecule has 3 nitrogen and oxygen atoms in total. The highest BCUT2D eigenvalue weighted by molar-refractivity contribution is 7.15. The second-order valence-electron chi connectivity index (χ2n) is 4.17. The van der Waals surface area contributed by atoms with Crippen molar-refractivity contribution >= 4 is 35.3 Å². The molecule has 2 atom stereocenters. The van der Waals surface area contributed by atoms with Crippen molar-refractivity contribution in [3.05, 3.63) is 15.5 Å². The summed E-state index contributed by atoms with van der Waals surface area (Å²) in [4.78, 5) is 6.72. The molecule has 0 bridgehead atoms. The van der Waals surface area contributed by atoms with E-state index in [0.717, 1.165) is 29.0 Å². The molecule has 0 radical (unpaired) electrons. The Morgan fingerprint density at radius 1 is 1.69 bits per heavy atom. The molecule has 6 heteroatoms. The highest BCUT2D eigenvalue weighted by Crippen LogP contribution is 2.26. The Kier molecular flexibility index (Phi) is 5.47. The first-order valence-electron chi connectivity index (χ1n) is 5.23. The van der Waals surface area contributed by atoms with Crippen LogP contribution in [-0.2, 0) is 6.54 Å². The lowest BCUT2D eigenvalue weighted by Gasteiger charge is -2.19. The van der Waals surface area contributed by atoms with Gasteiger partial charge in [0.05, 0.1) is 12.7 Å². The van der Waals surface area contributed by atoms with Crippen LogP contribution in [0.2, 0.25) is 4.34 Å². The predicted molar refractivity (Wildman–Crippen MR) is 71.4 cm³/mol. The summed E-state index contributed by atoms with van der Waals surface area (Å²) in [5.41, 5.74) is 5.69. The molecular formula is C10H17Cl2N3S. The number of hydrogen-bond donors (Lipinski definition) is 1.